The van der Waals surface area contributed by atoms with Crippen LogP contribution in [0.15, 0.2) is 101 Å². The van der Waals surface area contributed by atoms with Gasteiger partial charge in [-0.2, -0.15) is 0 Å². The first-order valence-corrected chi connectivity index (χ1v) is 14.4. The number of ketones is 1. The van der Waals surface area contributed by atoms with Crippen molar-refractivity contribution in [3.05, 3.63) is 113 Å². The molecule has 0 saturated heterocycles. The van der Waals surface area contributed by atoms with E-state index in [4.69, 9.17) is 18.9 Å². The molecule has 0 aromatic heterocycles. The molecule has 0 amide bonds. The van der Waals surface area contributed by atoms with E-state index in [1.165, 1.54) is 0 Å². The number of hydrogen-bond acceptors (Lipinski definition) is 8. The molecule has 43 heavy (non-hydrogen) atoms. The maximum atomic E-state index is 14.6. The molecule has 222 valence electrons. The highest BCUT2D eigenvalue weighted by Crippen LogP contribution is 2.49. The molecule has 0 unspecified atom stereocenters. The maximum absolute atomic E-state index is 14.6. The van der Waals surface area contributed by atoms with Crippen molar-refractivity contribution in [3.63, 3.8) is 0 Å². The van der Waals surface area contributed by atoms with E-state index in [1.807, 2.05) is 78.9 Å². The van der Waals surface area contributed by atoms with Crippen molar-refractivity contribution in [2.75, 3.05) is 20.3 Å². The number of rotatable bonds is 9. The average molecular weight is 582 g/mol. The van der Waals surface area contributed by atoms with Crippen molar-refractivity contribution < 1.29 is 33.3 Å². The first-order valence-electron chi connectivity index (χ1n) is 14.4. The minimum atomic E-state index is -1.11. The van der Waals surface area contributed by atoms with Gasteiger partial charge in [0.1, 0.15) is 23.2 Å². The van der Waals surface area contributed by atoms with Gasteiger partial charge in [-0.1, -0.05) is 42.5 Å². The topological polar surface area (TPSA) is 100 Å². The van der Waals surface area contributed by atoms with E-state index >= 15 is 0 Å². The van der Waals surface area contributed by atoms with Crippen LogP contribution in [0.1, 0.15) is 50.2 Å². The van der Waals surface area contributed by atoms with Crippen LogP contribution in [0.3, 0.4) is 0 Å². The average Bonchev–Trinajstić information content (AvgIpc) is 3.01. The molecule has 5 rings (SSSR count). The van der Waals surface area contributed by atoms with E-state index in [0.717, 1.165) is 5.56 Å². The third kappa shape index (κ3) is 6.04. The molecule has 0 fully saturated rings. The Labute approximate surface area is 251 Å². The van der Waals surface area contributed by atoms with Crippen LogP contribution in [0.25, 0.3) is 0 Å². The summed E-state index contributed by atoms with van der Waals surface area (Å²) in [5, 5.41) is 3.34. The van der Waals surface area contributed by atoms with Crippen LogP contribution in [-0.4, -0.2) is 38.0 Å². The van der Waals surface area contributed by atoms with Crippen LogP contribution in [0.5, 0.6) is 17.2 Å². The largest absolute Gasteiger partial charge is 0.497 e. The first kappa shape index (κ1) is 29.6. The van der Waals surface area contributed by atoms with Crippen molar-refractivity contribution in [2.45, 2.75) is 39.0 Å². The Hall–Kier alpha value is -4.85. The predicted molar refractivity (Wildman–Crippen MR) is 161 cm³/mol. The predicted octanol–water partition coefficient (Wildman–Crippen LogP) is 6.20. The standard InChI is InChI=1S/C35H35NO7/c1-5-41-34(38)29-21(3)36-28-20-27(22-12-10-16-25(18-22)40-4)31(35(39)42-6-2)33(37)32(28)30(29)23-13-11-17-26(19-23)43-24-14-8-7-9-15-24/h7-19,27,30-31,36H,5-6,20H2,1-4H3/t27-,30+,31-/m1/s1. The maximum Gasteiger partial charge on any atom is 0.336 e. The number of hydrogen-bond donors (Lipinski definition) is 1. The number of esters is 2. The lowest BCUT2D eigenvalue weighted by atomic mass is 9.67. The van der Waals surface area contributed by atoms with Gasteiger partial charge < -0.3 is 24.3 Å². The number of methoxy groups -OCH3 is 1. The Kier molecular flexibility index (Phi) is 8.95. The SMILES string of the molecule is CCOC(=O)C1=C(C)NC2=C(C(=O)[C@H](C(=O)OCC)[C@@H](c3cccc(OC)c3)C2)[C@H]1c1cccc(Oc2ccccc2)c1. The molecule has 0 saturated carbocycles. The summed E-state index contributed by atoms with van der Waals surface area (Å²) in [5.74, 6) is -2.11. The van der Waals surface area contributed by atoms with Crippen molar-refractivity contribution in [2.24, 2.45) is 5.92 Å². The second kappa shape index (κ2) is 13.0. The van der Waals surface area contributed by atoms with Crippen LogP contribution in [0, 0.1) is 5.92 Å². The number of carbonyl (C=O) groups excluding carboxylic acids is 3. The molecular formula is C35H35NO7. The summed E-state index contributed by atoms with van der Waals surface area (Å²) >= 11 is 0. The zero-order chi connectivity index (χ0) is 30.5. The van der Waals surface area contributed by atoms with Gasteiger partial charge in [0.15, 0.2) is 5.78 Å². The summed E-state index contributed by atoms with van der Waals surface area (Å²) in [7, 11) is 1.57. The molecular weight excluding hydrogens is 546 g/mol. The lowest BCUT2D eigenvalue weighted by Gasteiger charge is -2.39. The number of allylic oxidation sites excluding steroid dienone is 3. The van der Waals surface area contributed by atoms with Gasteiger partial charge in [0, 0.05) is 28.8 Å². The molecule has 0 spiro atoms. The quantitative estimate of drug-likeness (QED) is 0.236. The molecule has 0 bridgehead atoms. The van der Waals surface area contributed by atoms with Gasteiger partial charge in [-0.3, -0.25) is 9.59 Å². The van der Waals surface area contributed by atoms with E-state index in [2.05, 4.69) is 5.32 Å². The molecule has 3 aromatic carbocycles. The number of nitrogens with one attached hydrogen (secondary N) is 1. The molecule has 3 atom stereocenters. The van der Waals surface area contributed by atoms with Gasteiger partial charge in [-0.05, 0) is 74.7 Å². The lowest BCUT2D eigenvalue weighted by molar-refractivity contribution is -0.152. The number of para-hydroxylation sites is 1. The van der Waals surface area contributed by atoms with E-state index in [-0.39, 0.29) is 13.2 Å². The Morgan fingerprint density at radius 1 is 0.837 bits per heavy atom. The molecule has 1 N–H and O–H groups in total. The smallest absolute Gasteiger partial charge is 0.336 e. The minimum absolute atomic E-state index is 0.132. The number of Topliss-reactive ketones (excluding diaryl/α,β-unsaturated/α-hetero) is 1. The Balaban J connectivity index is 1.65. The zero-order valence-electron chi connectivity index (χ0n) is 24.7. The van der Waals surface area contributed by atoms with Crippen molar-refractivity contribution in [1.29, 1.82) is 0 Å². The van der Waals surface area contributed by atoms with Crippen LogP contribution in [0.4, 0.5) is 0 Å². The molecule has 1 heterocycles. The first-order chi connectivity index (χ1) is 20.9. The molecule has 8 nitrogen and oxygen atoms in total. The van der Waals surface area contributed by atoms with Gasteiger partial charge in [0.25, 0.3) is 0 Å². The van der Waals surface area contributed by atoms with Crippen LogP contribution in [0.2, 0.25) is 0 Å². The van der Waals surface area contributed by atoms with E-state index in [1.54, 1.807) is 27.9 Å². The minimum Gasteiger partial charge on any atom is -0.497 e. The van der Waals surface area contributed by atoms with Crippen LogP contribution < -0.4 is 14.8 Å². The fraction of sp³-hybridized carbons (Fsp3) is 0.286. The highest BCUT2D eigenvalue weighted by Gasteiger charge is 2.49. The van der Waals surface area contributed by atoms with E-state index in [0.29, 0.717) is 51.8 Å². The van der Waals surface area contributed by atoms with Crippen molar-refractivity contribution in [1.82, 2.24) is 5.32 Å². The molecule has 1 aliphatic heterocycles. The Morgan fingerprint density at radius 2 is 1.49 bits per heavy atom. The fourth-order valence-corrected chi connectivity index (χ4v) is 5.92. The van der Waals surface area contributed by atoms with Gasteiger partial charge in [-0.15, -0.1) is 0 Å². The number of dihydropyridines is 1. The van der Waals surface area contributed by atoms with E-state index in [9.17, 15) is 14.4 Å². The summed E-state index contributed by atoms with van der Waals surface area (Å²) in [6, 6.07) is 24.0. The van der Waals surface area contributed by atoms with Crippen molar-refractivity contribution in [3.8, 4) is 17.2 Å². The molecule has 8 heteroatoms. The fourth-order valence-electron chi connectivity index (χ4n) is 5.92. The lowest BCUT2D eigenvalue weighted by Crippen LogP contribution is -2.43. The molecule has 3 aromatic rings. The monoisotopic (exact) mass is 581 g/mol. The molecule has 1 aliphatic carbocycles. The number of ether oxygens (including phenoxy) is 4. The number of benzene rings is 3. The molecule has 2 aliphatic rings. The third-order valence-corrected chi connectivity index (χ3v) is 7.75. The van der Waals surface area contributed by atoms with Gasteiger partial charge >= 0.3 is 11.9 Å². The summed E-state index contributed by atoms with van der Waals surface area (Å²) in [6.45, 7) is 5.55. The van der Waals surface area contributed by atoms with Crippen LogP contribution in [-0.2, 0) is 23.9 Å². The highest BCUT2D eigenvalue weighted by molar-refractivity contribution is 6.13. The highest BCUT2D eigenvalue weighted by atomic mass is 16.5. The molecule has 0 radical (unpaired) electrons. The van der Waals surface area contributed by atoms with Gasteiger partial charge in [0.2, 0.25) is 0 Å². The second-order valence-corrected chi connectivity index (χ2v) is 10.4. The summed E-state index contributed by atoms with van der Waals surface area (Å²) < 4.78 is 22.4. The van der Waals surface area contributed by atoms with Gasteiger partial charge in [-0.25, -0.2) is 4.79 Å². The third-order valence-electron chi connectivity index (χ3n) is 7.75. The second-order valence-electron chi connectivity index (χ2n) is 10.4. The van der Waals surface area contributed by atoms with Gasteiger partial charge in [0.05, 0.1) is 25.9 Å². The summed E-state index contributed by atoms with van der Waals surface area (Å²) in [5.41, 5.74) is 3.36. The Morgan fingerprint density at radius 3 is 2.19 bits per heavy atom. The van der Waals surface area contributed by atoms with Crippen LogP contribution >= 0.6 is 0 Å². The summed E-state index contributed by atoms with van der Waals surface area (Å²) in [4.78, 5) is 41.5. The normalized spacial score (nSPS) is 19.7. The summed E-state index contributed by atoms with van der Waals surface area (Å²) in [6.07, 6.45) is 0.349. The van der Waals surface area contributed by atoms with E-state index < -0.39 is 35.5 Å². The Bertz CT molecular complexity index is 1590. The van der Waals surface area contributed by atoms with Crippen molar-refractivity contribution >= 4 is 17.7 Å². The zero-order valence-corrected chi connectivity index (χ0v) is 24.7. The number of carbonyl (C=O) groups is 3.